The second-order valence-electron chi connectivity index (χ2n) is 4.53. The van der Waals surface area contributed by atoms with Crippen LogP contribution < -0.4 is 14.8 Å². The number of nitrogens with one attached hydrogen (secondary N) is 1. The Morgan fingerprint density at radius 1 is 1.22 bits per heavy atom. The topological polar surface area (TPSA) is 47.6 Å². The molecule has 0 unspecified atom stereocenters. The number of hydrogen-bond acceptors (Lipinski definition) is 3. The minimum atomic E-state index is -0.671. The predicted molar refractivity (Wildman–Crippen MR) is 88.6 cm³/mol. The fraction of sp³-hybridized carbons (Fsp3) is 0.118. The van der Waals surface area contributed by atoms with E-state index in [1.165, 1.54) is 25.3 Å². The molecule has 0 radical (unpaired) electrons. The maximum absolute atomic E-state index is 13.7. The van der Waals surface area contributed by atoms with E-state index in [9.17, 15) is 9.18 Å². The van der Waals surface area contributed by atoms with E-state index in [0.29, 0.717) is 17.1 Å². The van der Waals surface area contributed by atoms with Crippen LogP contribution in [0.25, 0.3) is 6.08 Å². The highest BCUT2D eigenvalue weighted by molar-refractivity contribution is 6.31. The van der Waals surface area contributed by atoms with Crippen molar-refractivity contribution in [1.29, 1.82) is 0 Å². The van der Waals surface area contributed by atoms with Crippen LogP contribution >= 0.6 is 11.6 Å². The van der Waals surface area contributed by atoms with Crippen molar-refractivity contribution < 1.29 is 18.7 Å². The zero-order chi connectivity index (χ0) is 16.8. The number of rotatable bonds is 5. The first kappa shape index (κ1) is 16.8. The molecule has 2 aromatic carbocycles. The van der Waals surface area contributed by atoms with E-state index in [4.69, 9.17) is 21.1 Å². The number of benzene rings is 2. The Bertz CT molecular complexity index is 747. The Morgan fingerprint density at radius 3 is 2.70 bits per heavy atom. The summed E-state index contributed by atoms with van der Waals surface area (Å²) in [6, 6.07) is 9.59. The predicted octanol–water partition coefficient (Wildman–Crippen LogP) is 4.15. The fourth-order valence-electron chi connectivity index (χ4n) is 1.91. The van der Waals surface area contributed by atoms with Gasteiger partial charge in [-0.05, 0) is 36.4 Å². The number of methoxy groups -OCH3 is 2. The lowest BCUT2D eigenvalue weighted by atomic mass is 10.1. The Balaban J connectivity index is 2.16. The Kier molecular flexibility index (Phi) is 5.60. The molecule has 0 aliphatic heterocycles. The van der Waals surface area contributed by atoms with Crippen LogP contribution in [0.3, 0.4) is 0 Å². The molecule has 0 saturated heterocycles. The van der Waals surface area contributed by atoms with Gasteiger partial charge in [0, 0.05) is 11.6 Å². The molecule has 2 aromatic rings. The van der Waals surface area contributed by atoms with Crippen molar-refractivity contribution in [2.24, 2.45) is 0 Å². The Morgan fingerprint density at radius 2 is 2.00 bits per heavy atom. The molecule has 23 heavy (non-hydrogen) atoms. The van der Waals surface area contributed by atoms with Gasteiger partial charge < -0.3 is 14.8 Å². The van der Waals surface area contributed by atoms with Crippen LogP contribution in [0.5, 0.6) is 11.5 Å². The average molecular weight is 336 g/mol. The van der Waals surface area contributed by atoms with Crippen molar-refractivity contribution in [3.63, 3.8) is 0 Å². The summed E-state index contributed by atoms with van der Waals surface area (Å²) in [6.45, 7) is 0. The van der Waals surface area contributed by atoms with Crippen LogP contribution in [0.2, 0.25) is 5.02 Å². The molecule has 6 heteroatoms. The summed E-state index contributed by atoms with van der Waals surface area (Å²) < 4.78 is 24.1. The quantitative estimate of drug-likeness (QED) is 0.835. The van der Waals surface area contributed by atoms with E-state index in [0.717, 1.165) is 0 Å². The summed E-state index contributed by atoms with van der Waals surface area (Å²) in [5, 5.41) is 2.38. The van der Waals surface area contributed by atoms with Crippen LogP contribution in [0.15, 0.2) is 42.5 Å². The molecule has 1 amide bonds. The van der Waals surface area contributed by atoms with Gasteiger partial charge in [-0.25, -0.2) is 4.39 Å². The van der Waals surface area contributed by atoms with E-state index in [1.54, 1.807) is 37.5 Å². The standard InChI is InChI=1S/C17H15ClFNO3/c1-22-12-7-8-15(23-2)11(10-12)6-9-16(21)20-14-5-3-4-13(18)17(14)19/h3-10H,1-2H3,(H,20,21)/b9-6+. The van der Waals surface area contributed by atoms with Crippen molar-refractivity contribution in [2.45, 2.75) is 0 Å². The number of anilines is 1. The minimum absolute atomic E-state index is 0.0183. The molecule has 0 aromatic heterocycles. The van der Waals surface area contributed by atoms with Gasteiger partial charge in [0.15, 0.2) is 5.82 Å². The van der Waals surface area contributed by atoms with Gasteiger partial charge in [-0.15, -0.1) is 0 Å². The van der Waals surface area contributed by atoms with Crippen molar-refractivity contribution >= 4 is 29.3 Å². The molecule has 0 spiro atoms. The number of carbonyl (C=O) groups excluding carboxylic acids is 1. The molecule has 0 atom stereocenters. The second kappa shape index (κ2) is 7.65. The van der Waals surface area contributed by atoms with Gasteiger partial charge in [0.05, 0.1) is 24.9 Å². The third-order valence-electron chi connectivity index (χ3n) is 3.06. The van der Waals surface area contributed by atoms with Crippen LogP contribution in [0.4, 0.5) is 10.1 Å². The van der Waals surface area contributed by atoms with Gasteiger partial charge in [0.25, 0.3) is 0 Å². The molecule has 1 N–H and O–H groups in total. The largest absolute Gasteiger partial charge is 0.497 e. The van der Waals surface area contributed by atoms with Gasteiger partial charge in [0.2, 0.25) is 5.91 Å². The summed E-state index contributed by atoms with van der Waals surface area (Å²) in [5.74, 6) is 0.0569. The maximum atomic E-state index is 13.7. The zero-order valence-corrected chi connectivity index (χ0v) is 13.4. The highest BCUT2D eigenvalue weighted by Gasteiger charge is 2.08. The summed E-state index contributed by atoms with van der Waals surface area (Å²) in [7, 11) is 3.07. The van der Waals surface area contributed by atoms with Crippen LogP contribution in [0, 0.1) is 5.82 Å². The van der Waals surface area contributed by atoms with Crippen LogP contribution in [-0.2, 0) is 4.79 Å². The summed E-state index contributed by atoms with van der Waals surface area (Å²) >= 11 is 5.67. The van der Waals surface area contributed by atoms with Gasteiger partial charge in [-0.2, -0.15) is 0 Å². The van der Waals surface area contributed by atoms with Crippen molar-refractivity contribution in [3.05, 3.63) is 58.9 Å². The molecule has 0 bridgehead atoms. The molecule has 0 heterocycles. The smallest absolute Gasteiger partial charge is 0.248 e. The number of ether oxygens (including phenoxy) is 2. The number of carbonyl (C=O) groups is 1. The van der Waals surface area contributed by atoms with E-state index in [1.807, 2.05) is 0 Å². The highest BCUT2D eigenvalue weighted by atomic mass is 35.5. The number of halogens is 2. The molecule has 0 aliphatic carbocycles. The Labute approximate surface area is 138 Å². The molecular weight excluding hydrogens is 321 g/mol. The number of hydrogen-bond donors (Lipinski definition) is 1. The van der Waals surface area contributed by atoms with Crippen LogP contribution in [-0.4, -0.2) is 20.1 Å². The third-order valence-corrected chi connectivity index (χ3v) is 3.35. The molecule has 120 valence electrons. The monoisotopic (exact) mass is 335 g/mol. The van der Waals surface area contributed by atoms with E-state index in [-0.39, 0.29) is 10.7 Å². The molecular formula is C17H15ClFNO3. The van der Waals surface area contributed by atoms with Crippen LogP contribution in [0.1, 0.15) is 5.56 Å². The summed E-state index contributed by atoms with van der Waals surface area (Å²) in [5.41, 5.74) is 0.679. The van der Waals surface area contributed by atoms with Crippen molar-refractivity contribution in [3.8, 4) is 11.5 Å². The highest BCUT2D eigenvalue weighted by Crippen LogP contribution is 2.25. The van der Waals surface area contributed by atoms with Gasteiger partial charge in [-0.3, -0.25) is 4.79 Å². The van der Waals surface area contributed by atoms with Gasteiger partial charge in [-0.1, -0.05) is 17.7 Å². The first-order valence-corrected chi connectivity index (χ1v) is 7.08. The zero-order valence-electron chi connectivity index (χ0n) is 12.6. The molecule has 0 saturated carbocycles. The first-order valence-electron chi connectivity index (χ1n) is 6.70. The normalized spacial score (nSPS) is 10.6. The maximum Gasteiger partial charge on any atom is 0.248 e. The lowest BCUT2D eigenvalue weighted by Gasteiger charge is -2.07. The minimum Gasteiger partial charge on any atom is -0.497 e. The molecule has 2 rings (SSSR count). The summed E-state index contributed by atoms with van der Waals surface area (Å²) in [4.78, 5) is 11.9. The van der Waals surface area contributed by atoms with E-state index in [2.05, 4.69) is 5.32 Å². The van der Waals surface area contributed by atoms with Gasteiger partial charge in [0.1, 0.15) is 11.5 Å². The van der Waals surface area contributed by atoms with E-state index < -0.39 is 11.7 Å². The SMILES string of the molecule is COc1ccc(OC)c(/C=C/C(=O)Nc2cccc(Cl)c2F)c1. The Hall–Kier alpha value is -2.53. The second-order valence-corrected chi connectivity index (χ2v) is 4.94. The van der Waals surface area contributed by atoms with Crippen molar-refractivity contribution in [1.82, 2.24) is 0 Å². The molecule has 0 aliphatic rings. The lowest BCUT2D eigenvalue weighted by Crippen LogP contribution is -2.09. The first-order chi connectivity index (χ1) is 11.0. The third kappa shape index (κ3) is 4.23. The number of amides is 1. The fourth-order valence-corrected chi connectivity index (χ4v) is 2.08. The van der Waals surface area contributed by atoms with Gasteiger partial charge >= 0.3 is 0 Å². The lowest BCUT2D eigenvalue weighted by molar-refractivity contribution is -0.111. The molecule has 4 nitrogen and oxygen atoms in total. The average Bonchev–Trinajstić information content (AvgIpc) is 2.56. The summed E-state index contributed by atoms with van der Waals surface area (Å²) in [6.07, 6.45) is 2.83. The van der Waals surface area contributed by atoms with Crippen molar-refractivity contribution in [2.75, 3.05) is 19.5 Å². The molecule has 0 fully saturated rings. The van der Waals surface area contributed by atoms with E-state index >= 15 is 0 Å².